The molecule has 1 heterocycles. The summed E-state index contributed by atoms with van der Waals surface area (Å²) < 4.78 is 1.16. The van der Waals surface area contributed by atoms with Crippen molar-refractivity contribution in [2.75, 3.05) is 0 Å². The molecule has 0 aliphatic rings. The van der Waals surface area contributed by atoms with Crippen molar-refractivity contribution in [1.82, 2.24) is 0 Å². The third-order valence-electron chi connectivity index (χ3n) is 3.19. The standard InChI is InChI=1S/C17H12Br2S/c18-15-10-11-20-17(15)16(19)14-8-6-13(7-9-14)12-4-2-1-3-5-12/h1-11,16H. The van der Waals surface area contributed by atoms with Crippen LogP contribution in [0, 0.1) is 0 Å². The average molecular weight is 408 g/mol. The predicted octanol–water partition coefficient (Wildman–Crippen LogP) is 6.66. The maximum absolute atomic E-state index is 3.79. The third-order valence-corrected chi connectivity index (χ3v) is 6.41. The zero-order chi connectivity index (χ0) is 13.9. The number of alkyl halides is 1. The van der Waals surface area contributed by atoms with Gasteiger partial charge in [0.25, 0.3) is 0 Å². The molecule has 0 spiro atoms. The lowest BCUT2D eigenvalue weighted by Gasteiger charge is -2.10. The Hall–Kier alpha value is -0.900. The molecular weight excluding hydrogens is 396 g/mol. The summed E-state index contributed by atoms with van der Waals surface area (Å²) in [6.07, 6.45) is 0. The van der Waals surface area contributed by atoms with Gasteiger partial charge in [0.2, 0.25) is 0 Å². The molecule has 0 bridgehead atoms. The van der Waals surface area contributed by atoms with E-state index in [1.807, 2.05) is 6.07 Å². The van der Waals surface area contributed by atoms with E-state index >= 15 is 0 Å². The van der Waals surface area contributed by atoms with E-state index < -0.39 is 0 Å². The minimum Gasteiger partial charge on any atom is -0.146 e. The van der Waals surface area contributed by atoms with Crippen LogP contribution in [-0.4, -0.2) is 0 Å². The first-order valence-electron chi connectivity index (χ1n) is 6.28. The number of halogens is 2. The van der Waals surface area contributed by atoms with Crippen LogP contribution in [0.2, 0.25) is 0 Å². The van der Waals surface area contributed by atoms with Gasteiger partial charge >= 0.3 is 0 Å². The van der Waals surface area contributed by atoms with Gasteiger partial charge in [0, 0.05) is 9.35 Å². The Morgan fingerprint density at radius 3 is 2.05 bits per heavy atom. The molecule has 3 heteroatoms. The minimum atomic E-state index is 0.238. The van der Waals surface area contributed by atoms with E-state index in [0.29, 0.717) is 0 Å². The van der Waals surface area contributed by atoms with Gasteiger partial charge < -0.3 is 0 Å². The molecule has 20 heavy (non-hydrogen) atoms. The van der Waals surface area contributed by atoms with E-state index in [1.165, 1.54) is 21.6 Å². The zero-order valence-corrected chi connectivity index (χ0v) is 14.6. The number of thiophene rings is 1. The SMILES string of the molecule is Brc1ccsc1C(Br)c1ccc(-c2ccccc2)cc1. The van der Waals surface area contributed by atoms with Crippen molar-refractivity contribution in [3.63, 3.8) is 0 Å². The van der Waals surface area contributed by atoms with Gasteiger partial charge in [-0.05, 0) is 44.1 Å². The fourth-order valence-electron chi connectivity index (χ4n) is 2.11. The Kier molecular flexibility index (Phi) is 4.39. The highest BCUT2D eigenvalue weighted by Crippen LogP contribution is 2.39. The summed E-state index contributed by atoms with van der Waals surface area (Å²) in [5, 5.41) is 2.10. The highest BCUT2D eigenvalue weighted by Gasteiger charge is 2.14. The van der Waals surface area contributed by atoms with E-state index in [4.69, 9.17) is 0 Å². The van der Waals surface area contributed by atoms with Crippen molar-refractivity contribution in [3.05, 3.63) is 81.0 Å². The van der Waals surface area contributed by atoms with E-state index in [-0.39, 0.29) is 4.83 Å². The predicted molar refractivity (Wildman–Crippen MR) is 94.7 cm³/mol. The second-order valence-electron chi connectivity index (χ2n) is 4.48. The summed E-state index contributed by atoms with van der Waals surface area (Å²) in [5.74, 6) is 0. The maximum Gasteiger partial charge on any atom is 0.0749 e. The van der Waals surface area contributed by atoms with Gasteiger partial charge in [-0.15, -0.1) is 11.3 Å². The first-order chi connectivity index (χ1) is 9.75. The fraction of sp³-hybridized carbons (Fsp3) is 0.0588. The van der Waals surface area contributed by atoms with Gasteiger partial charge in [-0.2, -0.15) is 0 Å². The minimum absolute atomic E-state index is 0.238. The van der Waals surface area contributed by atoms with Crippen molar-refractivity contribution in [2.24, 2.45) is 0 Å². The highest BCUT2D eigenvalue weighted by molar-refractivity contribution is 9.11. The second kappa shape index (κ2) is 6.25. The van der Waals surface area contributed by atoms with Crippen molar-refractivity contribution >= 4 is 43.2 Å². The van der Waals surface area contributed by atoms with Crippen molar-refractivity contribution in [2.45, 2.75) is 4.83 Å². The summed E-state index contributed by atoms with van der Waals surface area (Å²) in [5.41, 5.74) is 3.77. The molecule has 1 aromatic heterocycles. The Balaban J connectivity index is 1.89. The quantitative estimate of drug-likeness (QED) is 0.425. The molecule has 0 saturated heterocycles. The number of hydrogen-bond donors (Lipinski definition) is 0. The summed E-state index contributed by atoms with van der Waals surface area (Å²) in [6, 6.07) is 21.3. The molecule has 3 rings (SSSR count). The van der Waals surface area contributed by atoms with Crippen LogP contribution in [0.3, 0.4) is 0 Å². The molecule has 0 aliphatic heterocycles. The van der Waals surface area contributed by atoms with Crippen LogP contribution in [0.25, 0.3) is 11.1 Å². The average Bonchev–Trinajstić information content (AvgIpc) is 2.94. The number of hydrogen-bond acceptors (Lipinski definition) is 1. The monoisotopic (exact) mass is 406 g/mol. The maximum atomic E-state index is 3.79. The van der Waals surface area contributed by atoms with Crippen LogP contribution in [0.1, 0.15) is 15.3 Å². The lowest BCUT2D eigenvalue weighted by atomic mass is 10.0. The molecule has 0 fully saturated rings. The molecule has 3 aromatic rings. The Bertz CT molecular complexity index is 687. The van der Waals surface area contributed by atoms with E-state index in [0.717, 1.165) is 4.47 Å². The van der Waals surface area contributed by atoms with Gasteiger partial charge in [0.1, 0.15) is 0 Å². The molecule has 0 N–H and O–H groups in total. The van der Waals surface area contributed by atoms with Gasteiger partial charge in [0.05, 0.1) is 4.83 Å². The summed E-state index contributed by atoms with van der Waals surface area (Å²) >= 11 is 9.14. The molecule has 0 nitrogen and oxygen atoms in total. The van der Waals surface area contributed by atoms with Crippen LogP contribution in [0.5, 0.6) is 0 Å². The van der Waals surface area contributed by atoms with Crippen LogP contribution in [-0.2, 0) is 0 Å². The van der Waals surface area contributed by atoms with Gasteiger partial charge in [-0.25, -0.2) is 0 Å². The highest BCUT2D eigenvalue weighted by atomic mass is 79.9. The van der Waals surface area contributed by atoms with Crippen molar-refractivity contribution in [3.8, 4) is 11.1 Å². The largest absolute Gasteiger partial charge is 0.146 e. The van der Waals surface area contributed by atoms with Crippen LogP contribution >= 0.6 is 43.2 Å². The number of rotatable bonds is 3. The molecule has 0 aliphatic carbocycles. The normalized spacial score (nSPS) is 12.3. The molecule has 1 unspecified atom stereocenters. The van der Waals surface area contributed by atoms with Gasteiger partial charge in [-0.1, -0.05) is 70.5 Å². The van der Waals surface area contributed by atoms with E-state index in [1.54, 1.807) is 11.3 Å². The molecule has 0 saturated carbocycles. The van der Waals surface area contributed by atoms with Gasteiger partial charge in [0.15, 0.2) is 0 Å². The Morgan fingerprint density at radius 2 is 1.45 bits per heavy atom. The molecule has 0 radical (unpaired) electrons. The second-order valence-corrected chi connectivity index (χ2v) is 7.20. The first-order valence-corrected chi connectivity index (χ1v) is 8.87. The third kappa shape index (κ3) is 2.90. The summed E-state index contributed by atoms with van der Waals surface area (Å²) in [7, 11) is 0. The number of benzene rings is 2. The van der Waals surface area contributed by atoms with E-state index in [2.05, 4.69) is 91.8 Å². The molecule has 1 atom stereocenters. The lowest BCUT2D eigenvalue weighted by molar-refractivity contribution is 1.21. The Morgan fingerprint density at radius 1 is 0.800 bits per heavy atom. The zero-order valence-electron chi connectivity index (χ0n) is 10.6. The van der Waals surface area contributed by atoms with Crippen LogP contribution in [0.15, 0.2) is 70.5 Å². The topological polar surface area (TPSA) is 0 Å². The molecular formula is C17H12Br2S. The molecule has 2 aromatic carbocycles. The Labute approximate surface area is 139 Å². The van der Waals surface area contributed by atoms with Crippen molar-refractivity contribution in [1.29, 1.82) is 0 Å². The summed E-state index contributed by atoms with van der Waals surface area (Å²) in [6.45, 7) is 0. The lowest BCUT2D eigenvalue weighted by Crippen LogP contribution is -1.90. The van der Waals surface area contributed by atoms with Crippen LogP contribution in [0.4, 0.5) is 0 Å². The molecule has 0 amide bonds. The van der Waals surface area contributed by atoms with E-state index in [9.17, 15) is 0 Å². The smallest absolute Gasteiger partial charge is 0.0749 e. The van der Waals surface area contributed by atoms with Gasteiger partial charge in [-0.3, -0.25) is 0 Å². The molecule has 100 valence electrons. The fourth-order valence-corrected chi connectivity index (χ4v) is 4.90. The van der Waals surface area contributed by atoms with Crippen molar-refractivity contribution < 1.29 is 0 Å². The first kappa shape index (κ1) is 14.1. The van der Waals surface area contributed by atoms with Crippen LogP contribution < -0.4 is 0 Å². The summed E-state index contributed by atoms with van der Waals surface area (Å²) in [4.78, 5) is 1.54.